The highest BCUT2D eigenvalue weighted by atomic mass is 32.2. The number of amides is 1. The molecule has 0 spiro atoms. The Morgan fingerprint density at radius 1 is 1.64 bits per heavy atom. The van der Waals surface area contributed by atoms with Gasteiger partial charge in [0.25, 0.3) is 0 Å². The Morgan fingerprint density at radius 3 is 2.86 bits per heavy atom. The smallest absolute Gasteiger partial charge is 0.233 e. The average Bonchev–Trinajstić information content (AvgIpc) is 2.53. The molecule has 4 heteroatoms. The van der Waals surface area contributed by atoms with Crippen LogP contribution in [0, 0.1) is 0 Å². The summed E-state index contributed by atoms with van der Waals surface area (Å²) in [5.74, 6) is 1.23. The number of thioether (sulfide) groups is 1. The van der Waals surface area contributed by atoms with Crippen molar-refractivity contribution in [3.63, 3.8) is 0 Å². The number of carbonyl (C=O) groups excluding carboxylic acids is 1. The molecule has 1 aliphatic heterocycles. The van der Waals surface area contributed by atoms with Crippen molar-refractivity contribution in [1.82, 2.24) is 5.32 Å². The van der Waals surface area contributed by atoms with Gasteiger partial charge in [0, 0.05) is 12.1 Å². The Labute approximate surface area is 89.6 Å². The summed E-state index contributed by atoms with van der Waals surface area (Å²) in [6, 6.07) is 0. The Balaban J connectivity index is 2.38. The Bertz CT molecular complexity index is 200. The molecule has 0 aromatic rings. The zero-order valence-corrected chi connectivity index (χ0v) is 9.69. The lowest BCUT2D eigenvalue weighted by molar-refractivity contribution is -0.122. The molecule has 14 heavy (non-hydrogen) atoms. The molecule has 1 heterocycles. The molecule has 0 saturated carbocycles. The van der Waals surface area contributed by atoms with E-state index >= 15 is 0 Å². The standard InChI is InChI=1S/C10H19NO2S/c1-10(2,5-6-12)11-9(13)8-4-3-7-14-8/h8,12H,3-7H2,1-2H3,(H,11,13). The first-order valence-electron chi connectivity index (χ1n) is 5.10. The molecule has 1 atom stereocenters. The van der Waals surface area contributed by atoms with E-state index in [0.29, 0.717) is 6.42 Å². The van der Waals surface area contributed by atoms with Gasteiger partial charge in [0.1, 0.15) is 0 Å². The van der Waals surface area contributed by atoms with Crippen LogP contribution in [0.25, 0.3) is 0 Å². The quantitative estimate of drug-likeness (QED) is 0.743. The van der Waals surface area contributed by atoms with Crippen molar-refractivity contribution in [1.29, 1.82) is 0 Å². The van der Waals surface area contributed by atoms with Crippen molar-refractivity contribution in [3.05, 3.63) is 0 Å². The van der Waals surface area contributed by atoms with Crippen LogP contribution in [0.4, 0.5) is 0 Å². The van der Waals surface area contributed by atoms with E-state index in [0.717, 1.165) is 18.6 Å². The van der Waals surface area contributed by atoms with Crippen molar-refractivity contribution in [2.24, 2.45) is 0 Å². The van der Waals surface area contributed by atoms with Gasteiger partial charge in [-0.25, -0.2) is 0 Å². The number of aliphatic hydroxyl groups excluding tert-OH is 1. The molecule has 1 aliphatic rings. The van der Waals surface area contributed by atoms with Gasteiger partial charge in [-0.15, -0.1) is 11.8 Å². The molecule has 1 rings (SSSR count). The highest BCUT2D eigenvalue weighted by molar-refractivity contribution is 8.00. The fourth-order valence-corrected chi connectivity index (χ4v) is 2.70. The van der Waals surface area contributed by atoms with Gasteiger partial charge in [0.05, 0.1) is 5.25 Å². The summed E-state index contributed by atoms with van der Waals surface area (Å²) in [5, 5.41) is 11.9. The first-order valence-corrected chi connectivity index (χ1v) is 6.14. The maximum Gasteiger partial charge on any atom is 0.233 e. The molecule has 0 aliphatic carbocycles. The minimum atomic E-state index is -0.283. The first kappa shape index (κ1) is 11.9. The van der Waals surface area contributed by atoms with Crippen molar-refractivity contribution >= 4 is 17.7 Å². The van der Waals surface area contributed by atoms with Gasteiger partial charge in [-0.3, -0.25) is 4.79 Å². The lowest BCUT2D eigenvalue weighted by Crippen LogP contribution is -2.47. The van der Waals surface area contributed by atoms with Gasteiger partial charge in [-0.05, 0) is 38.9 Å². The van der Waals surface area contributed by atoms with E-state index in [1.807, 2.05) is 13.8 Å². The number of hydrogen-bond donors (Lipinski definition) is 2. The molecule has 0 bridgehead atoms. The minimum absolute atomic E-state index is 0.116. The maximum absolute atomic E-state index is 11.7. The topological polar surface area (TPSA) is 49.3 Å². The molecule has 1 amide bonds. The third-order valence-electron chi connectivity index (χ3n) is 2.42. The highest BCUT2D eigenvalue weighted by Crippen LogP contribution is 2.26. The van der Waals surface area contributed by atoms with Crippen LogP contribution in [0.5, 0.6) is 0 Å². The second kappa shape index (κ2) is 5.03. The maximum atomic E-state index is 11.7. The van der Waals surface area contributed by atoms with Gasteiger partial charge in [0.15, 0.2) is 0 Å². The Morgan fingerprint density at radius 2 is 2.36 bits per heavy atom. The average molecular weight is 217 g/mol. The fourth-order valence-electron chi connectivity index (χ4n) is 1.54. The molecule has 2 N–H and O–H groups in total. The second-order valence-electron chi connectivity index (χ2n) is 4.35. The normalized spacial score (nSPS) is 22.4. The number of hydrogen-bond acceptors (Lipinski definition) is 3. The molecule has 1 fully saturated rings. The monoisotopic (exact) mass is 217 g/mol. The predicted octanol–water partition coefficient (Wildman–Crippen LogP) is 1.16. The number of rotatable bonds is 4. The lowest BCUT2D eigenvalue weighted by atomic mass is 10.0. The lowest BCUT2D eigenvalue weighted by Gasteiger charge is -2.26. The summed E-state index contributed by atoms with van der Waals surface area (Å²) in [6.45, 7) is 4.01. The second-order valence-corrected chi connectivity index (χ2v) is 5.66. The molecule has 0 aromatic carbocycles. The molecule has 0 aromatic heterocycles. The molecular formula is C10H19NO2S. The van der Waals surface area contributed by atoms with Gasteiger partial charge < -0.3 is 10.4 Å². The van der Waals surface area contributed by atoms with Gasteiger partial charge in [-0.2, -0.15) is 0 Å². The highest BCUT2D eigenvalue weighted by Gasteiger charge is 2.27. The SMILES string of the molecule is CC(C)(CCO)NC(=O)C1CCCS1. The summed E-state index contributed by atoms with van der Waals surface area (Å²) < 4.78 is 0. The van der Waals surface area contributed by atoms with Crippen LogP contribution < -0.4 is 5.32 Å². The Hall–Kier alpha value is -0.220. The van der Waals surface area contributed by atoms with Crippen LogP contribution in [0.1, 0.15) is 33.1 Å². The molecular weight excluding hydrogens is 198 g/mol. The largest absolute Gasteiger partial charge is 0.396 e. The predicted molar refractivity (Wildman–Crippen MR) is 59.4 cm³/mol. The Kier molecular flexibility index (Phi) is 4.26. The van der Waals surface area contributed by atoms with E-state index in [9.17, 15) is 4.79 Å². The summed E-state index contributed by atoms with van der Waals surface area (Å²) in [5.41, 5.74) is -0.283. The van der Waals surface area contributed by atoms with Crippen LogP contribution >= 0.6 is 11.8 Å². The minimum Gasteiger partial charge on any atom is -0.396 e. The summed E-state index contributed by atoms with van der Waals surface area (Å²) in [4.78, 5) is 11.7. The van der Waals surface area contributed by atoms with E-state index in [2.05, 4.69) is 5.32 Å². The van der Waals surface area contributed by atoms with Gasteiger partial charge >= 0.3 is 0 Å². The third kappa shape index (κ3) is 3.50. The van der Waals surface area contributed by atoms with Crippen LogP contribution in [0.2, 0.25) is 0 Å². The van der Waals surface area contributed by atoms with Crippen molar-refractivity contribution in [2.75, 3.05) is 12.4 Å². The molecule has 1 unspecified atom stereocenters. The van der Waals surface area contributed by atoms with Crippen molar-refractivity contribution < 1.29 is 9.90 Å². The van der Waals surface area contributed by atoms with Crippen LogP contribution in [-0.2, 0) is 4.79 Å². The van der Waals surface area contributed by atoms with E-state index in [1.54, 1.807) is 11.8 Å². The van der Waals surface area contributed by atoms with E-state index < -0.39 is 0 Å². The van der Waals surface area contributed by atoms with E-state index in [1.165, 1.54) is 0 Å². The molecule has 0 radical (unpaired) electrons. The summed E-state index contributed by atoms with van der Waals surface area (Å²) in [7, 11) is 0. The van der Waals surface area contributed by atoms with Gasteiger partial charge in [0.2, 0.25) is 5.91 Å². The molecule has 3 nitrogen and oxygen atoms in total. The fraction of sp³-hybridized carbons (Fsp3) is 0.900. The number of nitrogens with one attached hydrogen (secondary N) is 1. The zero-order valence-electron chi connectivity index (χ0n) is 8.88. The van der Waals surface area contributed by atoms with Gasteiger partial charge in [-0.1, -0.05) is 0 Å². The van der Waals surface area contributed by atoms with Crippen LogP contribution in [0.3, 0.4) is 0 Å². The third-order valence-corrected chi connectivity index (χ3v) is 3.80. The first-order chi connectivity index (χ1) is 6.55. The number of aliphatic hydroxyl groups is 1. The zero-order chi connectivity index (χ0) is 10.6. The van der Waals surface area contributed by atoms with E-state index in [-0.39, 0.29) is 23.3 Å². The van der Waals surface area contributed by atoms with Crippen molar-refractivity contribution in [2.45, 2.75) is 43.9 Å². The summed E-state index contributed by atoms with van der Waals surface area (Å²) in [6.07, 6.45) is 2.74. The summed E-state index contributed by atoms with van der Waals surface area (Å²) >= 11 is 1.73. The van der Waals surface area contributed by atoms with Crippen molar-refractivity contribution in [3.8, 4) is 0 Å². The molecule has 82 valence electrons. The number of carbonyl (C=O) groups is 1. The van der Waals surface area contributed by atoms with E-state index in [4.69, 9.17) is 5.11 Å². The van der Waals surface area contributed by atoms with Crippen LogP contribution in [0.15, 0.2) is 0 Å². The molecule has 1 saturated heterocycles. The van der Waals surface area contributed by atoms with Crippen LogP contribution in [-0.4, -0.2) is 34.2 Å².